The fourth-order valence-corrected chi connectivity index (χ4v) is 4.34. The van der Waals surface area contributed by atoms with Crippen molar-refractivity contribution >= 4 is 40.6 Å². The number of urea groups is 1. The molecule has 1 saturated heterocycles. The van der Waals surface area contributed by atoms with Crippen molar-refractivity contribution in [3.8, 4) is 11.5 Å². The second-order valence-corrected chi connectivity index (χ2v) is 9.06. The van der Waals surface area contributed by atoms with Crippen LogP contribution in [0.25, 0.3) is 6.08 Å². The lowest BCUT2D eigenvalue weighted by atomic mass is 10.1. The molecule has 0 saturated carbocycles. The first kappa shape index (κ1) is 23.8. The average Bonchev–Trinajstić information content (AvgIpc) is 3.08. The highest BCUT2D eigenvalue weighted by Gasteiger charge is 2.33. The highest BCUT2D eigenvalue weighted by atomic mass is 127. The lowest BCUT2D eigenvalue weighted by Gasteiger charge is -2.15. The van der Waals surface area contributed by atoms with Gasteiger partial charge in [-0.1, -0.05) is 60.2 Å². The smallest absolute Gasteiger partial charge is 0.329 e. The number of carbonyl (C=O) groups excluding carboxylic acids is 2. The van der Waals surface area contributed by atoms with Crippen molar-refractivity contribution < 1.29 is 19.1 Å². The van der Waals surface area contributed by atoms with Gasteiger partial charge in [0.15, 0.2) is 11.5 Å². The van der Waals surface area contributed by atoms with Crippen LogP contribution in [0.15, 0.2) is 72.4 Å². The summed E-state index contributed by atoms with van der Waals surface area (Å²) in [6.45, 7) is 5.06. The van der Waals surface area contributed by atoms with Crippen molar-refractivity contribution in [2.24, 2.45) is 0 Å². The SMILES string of the molecule is CCOc1cc(/C=C2/NC(=O)N(Cc3ccccc3)C2=O)cc(I)c1OCc1ccc(C)cc1. The van der Waals surface area contributed by atoms with E-state index in [0.29, 0.717) is 24.7 Å². The van der Waals surface area contributed by atoms with Crippen molar-refractivity contribution in [3.05, 3.63) is 98.3 Å². The first-order chi connectivity index (χ1) is 16.4. The van der Waals surface area contributed by atoms with E-state index >= 15 is 0 Å². The normalized spacial score (nSPS) is 14.4. The quantitative estimate of drug-likeness (QED) is 0.216. The number of imide groups is 1. The van der Waals surface area contributed by atoms with Crippen LogP contribution in [0.1, 0.15) is 29.2 Å². The van der Waals surface area contributed by atoms with Gasteiger partial charge in [-0.05, 0) is 71.3 Å². The van der Waals surface area contributed by atoms with E-state index in [1.807, 2.05) is 68.4 Å². The molecule has 7 heteroatoms. The summed E-state index contributed by atoms with van der Waals surface area (Å²) < 4.78 is 12.8. The fourth-order valence-electron chi connectivity index (χ4n) is 3.56. The Labute approximate surface area is 212 Å². The Hall–Kier alpha value is -3.33. The molecule has 0 unspecified atom stereocenters. The number of rotatable bonds is 8. The summed E-state index contributed by atoms with van der Waals surface area (Å²) in [5.41, 5.74) is 4.11. The number of hydrogen-bond acceptors (Lipinski definition) is 4. The highest BCUT2D eigenvalue weighted by Crippen LogP contribution is 2.35. The summed E-state index contributed by atoms with van der Waals surface area (Å²) in [6.07, 6.45) is 1.67. The van der Waals surface area contributed by atoms with Gasteiger partial charge < -0.3 is 14.8 Å². The number of hydrogen-bond donors (Lipinski definition) is 1. The van der Waals surface area contributed by atoms with E-state index in [4.69, 9.17) is 9.47 Å². The van der Waals surface area contributed by atoms with E-state index in [9.17, 15) is 9.59 Å². The fraction of sp³-hybridized carbons (Fsp3) is 0.185. The van der Waals surface area contributed by atoms with E-state index in [2.05, 4.69) is 40.0 Å². The maximum absolute atomic E-state index is 12.9. The Kier molecular flexibility index (Phi) is 7.52. The Balaban J connectivity index is 1.55. The summed E-state index contributed by atoms with van der Waals surface area (Å²) in [5, 5.41) is 2.68. The Morgan fingerprint density at radius 2 is 1.71 bits per heavy atom. The van der Waals surface area contributed by atoms with Crippen molar-refractivity contribution in [3.63, 3.8) is 0 Å². The van der Waals surface area contributed by atoms with Crippen LogP contribution in [-0.2, 0) is 17.9 Å². The molecular weight excluding hydrogens is 543 g/mol. The van der Waals surface area contributed by atoms with Crippen LogP contribution < -0.4 is 14.8 Å². The molecule has 1 aliphatic rings. The third-order valence-electron chi connectivity index (χ3n) is 5.29. The topological polar surface area (TPSA) is 67.9 Å². The van der Waals surface area contributed by atoms with E-state index in [1.165, 1.54) is 10.5 Å². The van der Waals surface area contributed by atoms with Gasteiger partial charge in [-0.25, -0.2) is 4.79 Å². The van der Waals surface area contributed by atoms with Gasteiger partial charge in [-0.2, -0.15) is 0 Å². The minimum absolute atomic E-state index is 0.219. The number of benzene rings is 3. The molecule has 0 bridgehead atoms. The molecule has 174 valence electrons. The zero-order chi connectivity index (χ0) is 24.1. The lowest BCUT2D eigenvalue weighted by Crippen LogP contribution is -2.30. The van der Waals surface area contributed by atoms with E-state index in [-0.39, 0.29) is 18.1 Å². The second kappa shape index (κ2) is 10.7. The number of amides is 3. The predicted molar refractivity (Wildman–Crippen MR) is 139 cm³/mol. The molecule has 3 aromatic carbocycles. The van der Waals surface area contributed by atoms with Crippen LogP contribution >= 0.6 is 22.6 Å². The number of aryl methyl sites for hydroxylation is 1. The van der Waals surface area contributed by atoms with Gasteiger partial charge in [0, 0.05) is 0 Å². The number of nitrogens with one attached hydrogen (secondary N) is 1. The molecular formula is C27H25IN2O4. The predicted octanol–water partition coefficient (Wildman–Crippen LogP) is 5.67. The third-order valence-corrected chi connectivity index (χ3v) is 6.09. The molecule has 0 radical (unpaired) electrons. The maximum atomic E-state index is 12.9. The van der Waals surface area contributed by atoms with Gasteiger partial charge in [0.1, 0.15) is 12.3 Å². The van der Waals surface area contributed by atoms with Crippen LogP contribution in [-0.4, -0.2) is 23.4 Å². The van der Waals surface area contributed by atoms with Gasteiger partial charge in [-0.3, -0.25) is 9.69 Å². The summed E-state index contributed by atoms with van der Waals surface area (Å²) >= 11 is 2.20. The molecule has 1 fully saturated rings. The first-order valence-corrected chi connectivity index (χ1v) is 12.1. The Morgan fingerprint density at radius 3 is 2.41 bits per heavy atom. The first-order valence-electron chi connectivity index (χ1n) is 11.0. The zero-order valence-corrected chi connectivity index (χ0v) is 21.2. The minimum Gasteiger partial charge on any atom is -0.490 e. The lowest BCUT2D eigenvalue weighted by molar-refractivity contribution is -0.123. The maximum Gasteiger partial charge on any atom is 0.329 e. The van der Waals surface area contributed by atoms with Crippen molar-refractivity contribution in [2.45, 2.75) is 27.0 Å². The molecule has 3 aromatic rings. The van der Waals surface area contributed by atoms with Crippen LogP contribution in [0.2, 0.25) is 0 Å². The van der Waals surface area contributed by atoms with Gasteiger partial charge in [0.2, 0.25) is 0 Å². The van der Waals surface area contributed by atoms with Gasteiger partial charge in [-0.15, -0.1) is 0 Å². The molecule has 0 spiro atoms. The third kappa shape index (κ3) is 5.59. The molecule has 1 N–H and O–H groups in total. The van der Waals surface area contributed by atoms with Crippen LogP contribution in [0.4, 0.5) is 4.79 Å². The molecule has 0 atom stereocenters. The number of carbonyl (C=O) groups is 2. The summed E-state index contributed by atoms with van der Waals surface area (Å²) in [7, 11) is 0. The summed E-state index contributed by atoms with van der Waals surface area (Å²) in [5.74, 6) is 0.880. The van der Waals surface area contributed by atoms with Gasteiger partial charge >= 0.3 is 6.03 Å². The Bertz CT molecular complexity index is 1220. The van der Waals surface area contributed by atoms with Crippen LogP contribution in [0.3, 0.4) is 0 Å². The molecule has 0 aliphatic carbocycles. The molecule has 0 aromatic heterocycles. The van der Waals surface area contributed by atoms with Crippen molar-refractivity contribution in [1.29, 1.82) is 0 Å². The van der Waals surface area contributed by atoms with Gasteiger partial charge in [0.05, 0.1) is 16.7 Å². The number of ether oxygens (including phenoxy) is 2. The molecule has 1 aliphatic heterocycles. The molecule has 1 heterocycles. The molecule has 3 amide bonds. The van der Waals surface area contributed by atoms with Crippen molar-refractivity contribution in [2.75, 3.05) is 6.61 Å². The zero-order valence-electron chi connectivity index (χ0n) is 19.0. The number of halogens is 1. The molecule has 4 rings (SSSR count). The molecule has 34 heavy (non-hydrogen) atoms. The number of nitrogens with zero attached hydrogens (tertiary/aromatic N) is 1. The van der Waals surface area contributed by atoms with E-state index in [0.717, 1.165) is 20.3 Å². The monoisotopic (exact) mass is 568 g/mol. The van der Waals surface area contributed by atoms with Crippen LogP contribution in [0.5, 0.6) is 11.5 Å². The Morgan fingerprint density at radius 1 is 0.971 bits per heavy atom. The highest BCUT2D eigenvalue weighted by molar-refractivity contribution is 14.1. The van der Waals surface area contributed by atoms with Crippen molar-refractivity contribution in [1.82, 2.24) is 10.2 Å². The average molecular weight is 568 g/mol. The minimum atomic E-state index is -0.433. The van der Waals surface area contributed by atoms with Gasteiger partial charge in [0.25, 0.3) is 5.91 Å². The second-order valence-electron chi connectivity index (χ2n) is 7.90. The molecule has 6 nitrogen and oxygen atoms in total. The van der Waals surface area contributed by atoms with E-state index in [1.54, 1.807) is 6.08 Å². The van der Waals surface area contributed by atoms with E-state index < -0.39 is 6.03 Å². The summed E-state index contributed by atoms with van der Waals surface area (Å²) in [6, 6.07) is 20.9. The summed E-state index contributed by atoms with van der Waals surface area (Å²) in [4.78, 5) is 26.5. The standard InChI is InChI=1S/C27H25IN2O4/c1-3-33-24-15-21(13-22(28)25(24)34-17-20-11-9-18(2)10-12-20)14-23-26(31)30(27(32)29-23)16-19-7-5-4-6-8-19/h4-15H,3,16-17H2,1-2H3,(H,29,32)/b23-14+. The largest absolute Gasteiger partial charge is 0.490 e. The van der Waals surface area contributed by atoms with Crippen LogP contribution in [0, 0.1) is 10.5 Å².